The highest BCUT2D eigenvalue weighted by Gasteiger charge is 2.04. The van der Waals surface area contributed by atoms with Gasteiger partial charge in [0.2, 0.25) is 0 Å². The number of hydrogen-bond donors (Lipinski definition) is 1. The van der Waals surface area contributed by atoms with Gasteiger partial charge in [-0.1, -0.05) is 18.2 Å². The Hall–Kier alpha value is -2.60. The normalized spacial score (nSPS) is 10.9. The van der Waals surface area contributed by atoms with E-state index in [9.17, 15) is 0 Å². The first-order valence-electron chi connectivity index (χ1n) is 5.17. The first kappa shape index (κ1) is 10.9. The van der Waals surface area contributed by atoms with Gasteiger partial charge >= 0.3 is 0 Å². The van der Waals surface area contributed by atoms with E-state index >= 15 is 0 Å². The highest BCUT2D eigenvalue weighted by atomic mass is 14.6. The van der Waals surface area contributed by atoms with Gasteiger partial charge in [0, 0.05) is 35.3 Å². The lowest BCUT2D eigenvalue weighted by Gasteiger charge is -2.06. The number of benzene rings is 1. The summed E-state index contributed by atoms with van der Waals surface area (Å²) in [6.07, 6.45) is 4.96. The van der Waals surface area contributed by atoms with Crippen molar-refractivity contribution in [3.63, 3.8) is 0 Å². The third-order valence-electron chi connectivity index (χ3n) is 2.40. The average Bonchev–Trinajstić information content (AvgIpc) is 2.38. The Bertz CT molecular complexity index is 563. The summed E-state index contributed by atoms with van der Waals surface area (Å²) >= 11 is 0. The molecule has 0 saturated heterocycles. The largest absolute Gasteiger partial charge is 0.399 e. The number of allylic oxidation sites excluding steroid dienone is 1. The van der Waals surface area contributed by atoms with Gasteiger partial charge in [0.15, 0.2) is 0 Å². The summed E-state index contributed by atoms with van der Waals surface area (Å²) < 4.78 is 0. The highest BCUT2D eigenvalue weighted by Crippen LogP contribution is 2.23. The van der Waals surface area contributed by atoms with Gasteiger partial charge in [-0.15, -0.1) is 0 Å². The quantitative estimate of drug-likeness (QED) is 0.626. The first-order chi connectivity index (χ1) is 8.31. The molecule has 0 atom stereocenters. The standard InChI is InChI=1S/C14H11N3/c15-8-7-14(12-2-1-9-17-10-12)11-3-5-13(16)6-4-11/h1-7,9-10H,16H2/b14-7+. The van der Waals surface area contributed by atoms with Crippen molar-refractivity contribution in [2.24, 2.45) is 0 Å². The number of anilines is 1. The molecule has 1 heterocycles. The molecule has 82 valence electrons. The number of nitrogens with zero attached hydrogens (tertiary/aromatic N) is 2. The molecule has 0 aliphatic heterocycles. The maximum Gasteiger partial charge on any atom is 0.0918 e. The van der Waals surface area contributed by atoms with Crippen molar-refractivity contribution in [1.29, 1.82) is 5.26 Å². The summed E-state index contributed by atoms with van der Waals surface area (Å²) in [6, 6.07) is 13.2. The van der Waals surface area contributed by atoms with Crippen molar-refractivity contribution in [2.75, 3.05) is 5.73 Å². The number of rotatable bonds is 2. The molecule has 3 heteroatoms. The van der Waals surface area contributed by atoms with Gasteiger partial charge in [-0.3, -0.25) is 4.98 Å². The number of pyridine rings is 1. The van der Waals surface area contributed by atoms with E-state index in [1.165, 1.54) is 6.08 Å². The van der Waals surface area contributed by atoms with Crippen LogP contribution in [0.1, 0.15) is 11.1 Å². The molecule has 3 nitrogen and oxygen atoms in total. The molecule has 0 unspecified atom stereocenters. The van der Waals surface area contributed by atoms with E-state index in [2.05, 4.69) is 11.1 Å². The van der Waals surface area contributed by atoms with Crippen molar-refractivity contribution in [2.45, 2.75) is 0 Å². The van der Waals surface area contributed by atoms with Crippen LogP contribution in [0.15, 0.2) is 54.9 Å². The minimum absolute atomic E-state index is 0.705. The third kappa shape index (κ3) is 2.50. The molecule has 2 N–H and O–H groups in total. The molecule has 0 spiro atoms. The number of aromatic nitrogens is 1. The Morgan fingerprint density at radius 1 is 1.18 bits per heavy atom. The summed E-state index contributed by atoms with van der Waals surface area (Å²) in [4.78, 5) is 4.06. The second-order valence-corrected chi connectivity index (χ2v) is 3.55. The molecule has 1 aromatic carbocycles. The molecule has 17 heavy (non-hydrogen) atoms. The number of nitrogen functional groups attached to an aromatic ring is 1. The van der Waals surface area contributed by atoms with Crippen molar-refractivity contribution >= 4 is 11.3 Å². The minimum Gasteiger partial charge on any atom is -0.399 e. The average molecular weight is 221 g/mol. The van der Waals surface area contributed by atoms with Gasteiger partial charge in [0.25, 0.3) is 0 Å². The number of nitriles is 1. The second kappa shape index (κ2) is 4.95. The van der Waals surface area contributed by atoms with Crippen LogP contribution in [0.2, 0.25) is 0 Å². The van der Waals surface area contributed by atoms with Crippen molar-refractivity contribution < 1.29 is 0 Å². The highest BCUT2D eigenvalue weighted by molar-refractivity contribution is 5.81. The van der Waals surface area contributed by atoms with Crippen LogP contribution in [0.25, 0.3) is 5.57 Å². The molecule has 0 radical (unpaired) electrons. The van der Waals surface area contributed by atoms with E-state index in [-0.39, 0.29) is 0 Å². The SMILES string of the molecule is N#C/C=C(\c1ccc(N)cc1)c1cccnc1. The number of hydrogen-bond acceptors (Lipinski definition) is 3. The topological polar surface area (TPSA) is 62.7 Å². The van der Waals surface area contributed by atoms with Crippen LogP contribution < -0.4 is 5.73 Å². The molecule has 2 aromatic rings. The van der Waals surface area contributed by atoms with Crippen LogP contribution in [0.3, 0.4) is 0 Å². The van der Waals surface area contributed by atoms with Crippen LogP contribution in [-0.2, 0) is 0 Å². The van der Waals surface area contributed by atoms with Crippen LogP contribution >= 0.6 is 0 Å². The fourth-order valence-corrected chi connectivity index (χ4v) is 1.58. The predicted molar refractivity (Wildman–Crippen MR) is 67.8 cm³/mol. The van der Waals surface area contributed by atoms with E-state index < -0.39 is 0 Å². The summed E-state index contributed by atoms with van der Waals surface area (Å²) in [5.41, 5.74) is 9.06. The van der Waals surface area contributed by atoms with Crippen LogP contribution in [0.5, 0.6) is 0 Å². The maximum atomic E-state index is 8.84. The van der Waals surface area contributed by atoms with Gasteiger partial charge < -0.3 is 5.73 Å². The van der Waals surface area contributed by atoms with Crippen molar-refractivity contribution in [1.82, 2.24) is 4.98 Å². The zero-order valence-electron chi connectivity index (χ0n) is 9.17. The lowest BCUT2D eigenvalue weighted by Crippen LogP contribution is -1.90. The zero-order valence-corrected chi connectivity index (χ0v) is 9.17. The molecular formula is C14H11N3. The molecule has 1 aromatic heterocycles. The molecule has 0 aliphatic carbocycles. The van der Waals surface area contributed by atoms with Crippen LogP contribution in [0.4, 0.5) is 5.69 Å². The van der Waals surface area contributed by atoms with E-state index in [4.69, 9.17) is 11.0 Å². The Balaban J connectivity index is 2.48. The molecule has 0 amide bonds. The van der Waals surface area contributed by atoms with Crippen LogP contribution in [0, 0.1) is 11.3 Å². The molecule has 0 fully saturated rings. The van der Waals surface area contributed by atoms with Crippen LogP contribution in [-0.4, -0.2) is 4.98 Å². The van der Waals surface area contributed by atoms with E-state index in [0.29, 0.717) is 5.69 Å². The van der Waals surface area contributed by atoms with Gasteiger partial charge in [-0.2, -0.15) is 5.26 Å². The predicted octanol–water partition coefficient (Wildman–Crippen LogP) is 2.62. The summed E-state index contributed by atoms with van der Waals surface area (Å²) in [7, 11) is 0. The lowest BCUT2D eigenvalue weighted by molar-refractivity contribution is 1.31. The van der Waals surface area contributed by atoms with E-state index in [0.717, 1.165) is 16.7 Å². The van der Waals surface area contributed by atoms with E-state index in [1.807, 2.05) is 36.4 Å². The molecule has 2 rings (SSSR count). The summed E-state index contributed by atoms with van der Waals surface area (Å²) in [5, 5.41) is 8.84. The van der Waals surface area contributed by atoms with Gasteiger partial charge in [-0.25, -0.2) is 0 Å². The number of nitrogens with two attached hydrogens (primary N) is 1. The minimum atomic E-state index is 0.705. The maximum absolute atomic E-state index is 8.84. The zero-order chi connectivity index (χ0) is 12.1. The van der Waals surface area contributed by atoms with Gasteiger partial charge in [-0.05, 0) is 23.8 Å². The smallest absolute Gasteiger partial charge is 0.0918 e. The molecule has 0 bridgehead atoms. The monoisotopic (exact) mass is 221 g/mol. The second-order valence-electron chi connectivity index (χ2n) is 3.55. The molecule has 0 aliphatic rings. The lowest BCUT2D eigenvalue weighted by atomic mass is 9.99. The van der Waals surface area contributed by atoms with Crippen molar-refractivity contribution in [3.05, 3.63) is 66.0 Å². The molecule has 0 saturated carbocycles. The Labute approximate surface area is 99.8 Å². The summed E-state index contributed by atoms with van der Waals surface area (Å²) in [5.74, 6) is 0. The third-order valence-corrected chi connectivity index (χ3v) is 2.40. The van der Waals surface area contributed by atoms with Gasteiger partial charge in [0.05, 0.1) is 6.07 Å². The Kier molecular flexibility index (Phi) is 3.18. The Morgan fingerprint density at radius 2 is 1.94 bits per heavy atom. The fourth-order valence-electron chi connectivity index (χ4n) is 1.58. The van der Waals surface area contributed by atoms with Gasteiger partial charge in [0.1, 0.15) is 0 Å². The van der Waals surface area contributed by atoms with E-state index in [1.54, 1.807) is 12.4 Å². The first-order valence-corrected chi connectivity index (χ1v) is 5.17. The van der Waals surface area contributed by atoms with Crippen molar-refractivity contribution in [3.8, 4) is 6.07 Å². The fraction of sp³-hybridized carbons (Fsp3) is 0. The molecular weight excluding hydrogens is 210 g/mol. The Morgan fingerprint density at radius 3 is 2.53 bits per heavy atom. The summed E-state index contributed by atoms with van der Waals surface area (Å²) in [6.45, 7) is 0.